The molecular formula is C23H32N2O5S. The van der Waals surface area contributed by atoms with Gasteiger partial charge in [-0.1, -0.05) is 12.1 Å². The number of carbonyl (C=O) groups excluding carboxylic acids is 1. The number of rotatable bonds is 8. The Balaban J connectivity index is 1.18. The van der Waals surface area contributed by atoms with Gasteiger partial charge in [-0.15, -0.1) is 11.8 Å². The van der Waals surface area contributed by atoms with Crippen molar-refractivity contribution in [2.24, 2.45) is 0 Å². The smallest absolute Gasteiger partial charge is 0.322 e. The van der Waals surface area contributed by atoms with Crippen LogP contribution in [0.1, 0.15) is 45.1 Å². The number of fused-ring (bicyclic) bond motifs is 1. The summed E-state index contributed by atoms with van der Waals surface area (Å²) in [6.45, 7) is 4.54. The van der Waals surface area contributed by atoms with Crippen LogP contribution < -0.4 is 10.1 Å². The number of amides is 1. The van der Waals surface area contributed by atoms with E-state index in [1.165, 1.54) is 5.56 Å². The highest BCUT2D eigenvalue weighted by atomic mass is 32.2. The van der Waals surface area contributed by atoms with Crippen LogP contribution in [0.3, 0.4) is 0 Å². The van der Waals surface area contributed by atoms with Gasteiger partial charge in [0.15, 0.2) is 0 Å². The van der Waals surface area contributed by atoms with Gasteiger partial charge in [-0.25, -0.2) is 0 Å². The van der Waals surface area contributed by atoms with Crippen molar-refractivity contribution in [2.75, 3.05) is 13.7 Å². The zero-order valence-electron chi connectivity index (χ0n) is 18.4. The van der Waals surface area contributed by atoms with Gasteiger partial charge >= 0.3 is 5.97 Å². The van der Waals surface area contributed by atoms with E-state index in [1.807, 2.05) is 30.9 Å². The molecule has 1 aromatic rings. The van der Waals surface area contributed by atoms with Crippen molar-refractivity contribution in [2.45, 2.75) is 80.4 Å². The lowest BCUT2D eigenvalue weighted by atomic mass is 9.96. The number of methoxy groups -OCH3 is 1. The van der Waals surface area contributed by atoms with Crippen LogP contribution in [0.4, 0.5) is 0 Å². The molecule has 0 saturated carbocycles. The first-order valence-corrected chi connectivity index (χ1v) is 11.9. The normalized spacial score (nSPS) is 31.6. The zero-order valence-corrected chi connectivity index (χ0v) is 19.2. The van der Waals surface area contributed by atoms with Gasteiger partial charge in [0.25, 0.3) is 0 Å². The number of nitrogens with zero attached hydrogens (tertiary/aromatic N) is 1. The standard InChI is InChI=1S/C23H32N2O5S/c1-23(2)20(22(27)28)25-13-18(21(25)31-23)24-19(26)11-10-16-8-9-17(30-16)12-14-4-6-15(29-3)7-5-14/h4-7,16-18,20-21H,8-13H2,1-3H3,(H,24,26)(H,27,28)/t16-,17+,18-,20-,21-/m1/s1. The van der Waals surface area contributed by atoms with Gasteiger partial charge in [-0.05, 0) is 57.2 Å². The lowest BCUT2D eigenvalue weighted by molar-refractivity contribution is -0.146. The molecule has 3 heterocycles. The van der Waals surface area contributed by atoms with E-state index >= 15 is 0 Å². The summed E-state index contributed by atoms with van der Waals surface area (Å²) in [5.74, 6) is 0.101. The highest BCUT2D eigenvalue weighted by Gasteiger charge is 2.59. The summed E-state index contributed by atoms with van der Waals surface area (Å²) < 4.78 is 11.0. The number of carbonyl (C=O) groups is 2. The predicted molar refractivity (Wildman–Crippen MR) is 119 cm³/mol. The van der Waals surface area contributed by atoms with Gasteiger partial charge in [0.2, 0.25) is 5.91 Å². The van der Waals surface area contributed by atoms with Gasteiger partial charge in [-0.2, -0.15) is 0 Å². The molecule has 3 aliphatic heterocycles. The Bertz CT molecular complexity index is 815. The first-order chi connectivity index (χ1) is 14.8. The van der Waals surface area contributed by atoms with Gasteiger partial charge in [0, 0.05) is 17.7 Å². The van der Waals surface area contributed by atoms with Crippen molar-refractivity contribution < 1.29 is 24.2 Å². The summed E-state index contributed by atoms with van der Waals surface area (Å²) >= 11 is 1.65. The van der Waals surface area contributed by atoms with Crippen molar-refractivity contribution in [3.8, 4) is 5.75 Å². The molecule has 4 rings (SSSR count). The van der Waals surface area contributed by atoms with E-state index in [-0.39, 0.29) is 34.3 Å². The van der Waals surface area contributed by atoms with Gasteiger partial charge in [0.1, 0.15) is 11.8 Å². The summed E-state index contributed by atoms with van der Waals surface area (Å²) in [6.07, 6.45) is 4.37. The highest BCUT2D eigenvalue weighted by Crippen LogP contribution is 2.50. The van der Waals surface area contributed by atoms with E-state index in [4.69, 9.17) is 9.47 Å². The number of hydrogen-bond acceptors (Lipinski definition) is 6. The molecule has 2 N–H and O–H groups in total. The summed E-state index contributed by atoms with van der Waals surface area (Å²) in [4.78, 5) is 26.1. The lowest BCUT2D eigenvalue weighted by Crippen LogP contribution is -2.66. The molecule has 0 radical (unpaired) electrons. The molecule has 8 heteroatoms. The first kappa shape index (κ1) is 22.4. The quantitative estimate of drug-likeness (QED) is 0.632. The average molecular weight is 449 g/mol. The Morgan fingerprint density at radius 2 is 1.97 bits per heavy atom. The van der Waals surface area contributed by atoms with Crippen molar-refractivity contribution in [1.82, 2.24) is 10.2 Å². The average Bonchev–Trinajstić information content (AvgIpc) is 3.25. The summed E-state index contributed by atoms with van der Waals surface area (Å²) in [6, 6.07) is 7.61. The molecule has 3 aliphatic rings. The minimum Gasteiger partial charge on any atom is -0.497 e. The summed E-state index contributed by atoms with van der Waals surface area (Å²) in [5.41, 5.74) is 1.23. The molecule has 0 unspecified atom stereocenters. The molecule has 5 atom stereocenters. The number of carboxylic acids is 1. The predicted octanol–water partition coefficient (Wildman–Crippen LogP) is 2.67. The van der Waals surface area contributed by atoms with Gasteiger partial charge in [-0.3, -0.25) is 14.5 Å². The third kappa shape index (κ3) is 4.86. The minimum atomic E-state index is -0.785. The second kappa shape index (κ2) is 9.00. The molecular weight excluding hydrogens is 416 g/mol. The largest absolute Gasteiger partial charge is 0.497 e. The van der Waals surface area contributed by atoms with Crippen LogP contribution in [0.15, 0.2) is 24.3 Å². The zero-order chi connectivity index (χ0) is 22.2. The van der Waals surface area contributed by atoms with E-state index < -0.39 is 12.0 Å². The van der Waals surface area contributed by atoms with Gasteiger partial charge < -0.3 is 19.9 Å². The SMILES string of the molecule is COc1ccc(C[C@@H]2CC[C@H](CCC(=O)N[C@@H]3CN4[C@@H]3SC(C)(C)[C@H]4C(=O)O)O2)cc1. The maximum atomic E-state index is 12.5. The van der Waals surface area contributed by atoms with Crippen LogP contribution in [-0.2, 0) is 20.7 Å². The third-order valence-electron chi connectivity index (χ3n) is 6.58. The fourth-order valence-electron chi connectivity index (χ4n) is 4.99. The molecule has 3 saturated heterocycles. The second-order valence-electron chi connectivity index (χ2n) is 9.27. The minimum absolute atomic E-state index is 0.0217. The van der Waals surface area contributed by atoms with Gasteiger partial charge in [0.05, 0.1) is 30.7 Å². The molecule has 1 amide bonds. The fourth-order valence-corrected chi connectivity index (χ4v) is 6.63. The van der Waals surface area contributed by atoms with Crippen molar-refractivity contribution in [3.63, 3.8) is 0 Å². The lowest BCUT2D eigenvalue weighted by Gasteiger charge is -2.44. The van der Waals surface area contributed by atoms with Crippen LogP contribution in [0.25, 0.3) is 0 Å². The molecule has 0 aromatic heterocycles. The Morgan fingerprint density at radius 3 is 2.65 bits per heavy atom. The molecule has 7 nitrogen and oxygen atoms in total. The molecule has 3 fully saturated rings. The highest BCUT2D eigenvalue weighted by molar-refractivity contribution is 8.01. The molecule has 0 spiro atoms. The topological polar surface area (TPSA) is 88.1 Å². The Labute approximate surface area is 187 Å². The van der Waals surface area contributed by atoms with E-state index in [0.717, 1.165) is 31.4 Å². The monoisotopic (exact) mass is 448 g/mol. The van der Waals surface area contributed by atoms with E-state index in [9.17, 15) is 14.7 Å². The van der Waals surface area contributed by atoms with E-state index in [0.29, 0.717) is 13.0 Å². The first-order valence-electron chi connectivity index (χ1n) is 11.0. The number of thioether (sulfide) groups is 1. The van der Waals surface area contributed by atoms with Crippen LogP contribution in [-0.4, -0.2) is 69.9 Å². The molecule has 0 aliphatic carbocycles. The second-order valence-corrected chi connectivity index (χ2v) is 11.0. The van der Waals surface area contributed by atoms with E-state index in [1.54, 1.807) is 18.9 Å². The Kier molecular flexibility index (Phi) is 6.51. The van der Waals surface area contributed by atoms with Crippen LogP contribution >= 0.6 is 11.8 Å². The Morgan fingerprint density at radius 1 is 1.26 bits per heavy atom. The number of nitrogens with one attached hydrogen (secondary N) is 1. The van der Waals surface area contributed by atoms with Crippen molar-refractivity contribution in [3.05, 3.63) is 29.8 Å². The number of ether oxygens (including phenoxy) is 2. The van der Waals surface area contributed by atoms with Crippen LogP contribution in [0.2, 0.25) is 0 Å². The summed E-state index contributed by atoms with van der Waals surface area (Å²) in [7, 11) is 1.66. The van der Waals surface area contributed by atoms with Crippen molar-refractivity contribution >= 4 is 23.6 Å². The number of benzene rings is 1. The molecule has 170 valence electrons. The third-order valence-corrected chi connectivity index (χ3v) is 8.26. The number of hydrogen-bond donors (Lipinski definition) is 2. The van der Waals surface area contributed by atoms with Crippen LogP contribution in [0, 0.1) is 0 Å². The summed E-state index contributed by atoms with van der Waals surface area (Å²) in [5, 5.41) is 12.7. The van der Waals surface area contributed by atoms with Crippen LogP contribution in [0.5, 0.6) is 5.75 Å². The Hall–Kier alpha value is -1.77. The van der Waals surface area contributed by atoms with E-state index in [2.05, 4.69) is 17.4 Å². The maximum absolute atomic E-state index is 12.5. The molecule has 31 heavy (non-hydrogen) atoms. The number of carboxylic acid groups (broad SMARTS) is 1. The van der Waals surface area contributed by atoms with Crippen molar-refractivity contribution in [1.29, 1.82) is 0 Å². The fraction of sp³-hybridized carbons (Fsp3) is 0.652. The maximum Gasteiger partial charge on any atom is 0.322 e. The molecule has 0 bridgehead atoms. The number of aliphatic carboxylic acids is 1. The molecule has 1 aromatic carbocycles.